The lowest BCUT2D eigenvalue weighted by Crippen LogP contribution is -2.10. The summed E-state index contributed by atoms with van der Waals surface area (Å²) in [4.78, 5) is 11.2. The van der Waals surface area contributed by atoms with Gasteiger partial charge in [-0.3, -0.25) is 9.36 Å². The van der Waals surface area contributed by atoms with Crippen molar-refractivity contribution in [3.05, 3.63) is 95.6 Å². The molecule has 0 saturated heterocycles. The second-order valence-electron chi connectivity index (χ2n) is 6.70. The second-order valence-corrected chi connectivity index (χ2v) is 7.64. The van der Waals surface area contributed by atoms with E-state index in [2.05, 4.69) is 33.8 Å². The van der Waals surface area contributed by atoms with Gasteiger partial charge in [0, 0.05) is 22.6 Å². The van der Waals surface area contributed by atoms with E-state index in [-0.39, 0.29) is 0 Å². The zero-order valence-electron chi connectivity index (χ0n) is 15.9. The highest BCUT2D eigenvalue weighted by Crippen LogP contribution is 2.30. The molecule has 1 amide bonds. The summed E-state index contributed by atoms with van der Waals surface area (Å²) in [6, 6.07) is 25.7. The van der Waals surface area contributed by atoms with Crippen LogP contribution in [0.3, 0.4) is 0 Å². The summed E-state index contributed by atoms with van der Waals surface area (Å²) >= 11 is 1.60. The van der Waals surface area contributed by atoms with Crippen LogP contribution in [0.2, 0.25) is 0 Å². The van der Waals surface area contributed by atoms with Crippen molar-refractivity contribution in [2.24, 2.45) is 5.73 Å². The molecule has 1 aromatic heterocycles. The van der Waals surface area contributed by atoms with E-state index < -0.39 is 5.91 Å². The first kappa shape index (κ1) is 19.0. The maximum atomic E-state index is 11.2. The van der Waals surface area contributed by atoms with E-state index in [0.29, 0.717) is 11.3 Å². The van der Waals surface area contributed by atoms with E-state index in [0.717, 1.165) is 27.8 Å². The molecule has 1 heterocycles. The first-order chi connectivity index (χ1) is 14.1. The summed E-state index contributed by atoms with van der Waals surface area (Å²) in [5.41, 5.74) is 10.1. The lowest BCUT2D eigenvalue weighted by Gasteiger charge is -2.11. The van der Waals surface area contributed by atoms with Crippen LogP contribution in [0.25, 0.3) is 17.1 Å². The van der Waals surface area contributed by atoms with Crippen molar-refractivity contribution in [2.45, 2.75) is 17.8 Å². The van der Waals surface area contributed by atoms with Crippen LogP contribution in [0.15, 0.2) is 84.0 Å². The third-order valence-electron chi connectivity index (χ3n) is 4.53. The van der Waals surface area contributed by atoms with Gasteiger partial charge in [0.1, 0.15) is 0 Å². The van der Waals surface area contributed by atoms with Crippen LogP contribution < -0.4 is 5.73 Å². The number of benzene rings is 3. The van der Waals surface area contributed by atoms with Gasteiger partial charge in [-0.25, -0.2) is 0 Å². The molecule has 3 aromatic carbocycles. The molecular formula is C23H20N4OS. The Balaban J connectivity index is 1.67. The Labute approximate surface area is 173 Å². The fourth-order valence-corrected chi connectivity index (χ4v) is 3.97. The van der Waals surface area contributed by atoms with E-state index >= 15 is 0 Å². The van der Waals surface area contributed by atoms with Crippen LogP contribution in [0.4, 0.5) is 0 Å². The van der Waals surface area contributed by atoms with Gasteiger partial charge in [0.25, 0.3) is 0 Å². The van der Waals surface area contributed by atoms with Crippen LogP contribution in [-0.2, 0) is 5.75 Å². The molecule has 0 aliphatic rings. The van der Waals surface area contributed by atoms with Crippen molar-refractivity contribution in [3.8, 4) is 17.1 Å². The van der Waals surface area contributed by atoms with Gasteiger partial charge in [0.05, 0.1) is 0 Å². The summed E-state index contributed by atoms with van der Waals surface area (Å²) in [5, 5.41) is 9.76. The van der Waals surface area contributed by atoms with E-state index in [9.17, 15) is 4.79 Å². The molecule has 144 valence electrons. The molecule has 0 radical (unpaired) electrons. The lowest BCUT2D eigenvalue weighted by atomic mass is 10.1. The Morgan fingerprint density at radius 2 is 1.72 bits per heavy atom. The van der Waals surface area contributed by atoms with E-state index in [4.69, 9.17) is 5.73 Å². The third kappa shape index (κ3) is 4.22. The average Bonchev–Trinajstić information content (AvgIpc) is 3.17. The molecule has 0 atom stereocenters. The minimum absolute atomic E-state index is 0.421. The molecule has 0 aliphatic heterocycles. The molecule has 5 nitrogen and oxygen atoms in total. The first-order valence-electron chi connectivity index (χ1n) is 9.21. The van der Waals surface area contributed by atoms with Gasteiger partial charge < -0.3 is 5.73 Å². The SMILES string of the molecule is Cc1cccc(-c2nnc(SCc3ccc(C(N)=O)cc3)n2-c2ccccc2)c1. The minimum Gasteiger partial charge on any atom is -0.366 e. The first-order valence-corrected chi connectivity index (χ1v) is 10.2. The lowest BCUT2D eigenvalue weighted by molar-refractivity contribution is 0.100. The van der Waals surface area contributed by atoms with Crippen molar-refractivity contribution in [1.82, 2.24) is 14.8 Å². The van der Waals surface area contributed by atoms with Gasteiger partial charge in [-0.05, 0) is 42.8 Å². The molecule has 6 heteroatoms. The molecule has 0 aliphatic carbocycles. The fourth-order valence-electron chi connectivity index (χ4n) is 3.06. The van der Waals surface area contributed by atoms with Gasteiger partial charge in [-0.15, -0.1) is 10.2 Å². The topological polar surface area (TPSA) is 73.8 Å². The number of aryl methyl sites for hydroxylation is 1. The molecule has 0 bridgehead atoms. The van der Waals surface area contributed by atoms with E-state index in [1.165, 1.54) is 5.56 Å². The Hall–Kier alpha value is -3.38. The van der Waals surface area contributed by atoms with Gasteiger partial charge in [-0.1, -0.05) is 65.9 Å². The quantitative estimate of drug-likeness (QED) is 0.479. The predicted octanol–water partition coefficient (Wildman–Crippen LogP) is 4.63. The van der Waals surface area contributed by atoms with Crippen LogP contribution in [-0.4, -0.2) is 20.7 Å². The van der Waals surface area contributed by atoms with Gasteiger partial charge in [0.15, 0.2) is 11.0 Å². The number of aromatic nitrogens is 3. The number of hydrogen-bond acceptors (Lipinski definition) is 4. The highest BCUT2D eigenvalue weighted by Gasteiger charge is 2.16. The number of nitrogens with two attached hydrogens (primary N) is 1. The normalized spacial score (nSPS) is 10.8. The number of carbonyl (C=O) groups excluding carboxylic acids is 1. The second kappa shape index (κ2) is 8.32. The standard InChI is InChI=1S/C23H20N4OS/c1-16-6-5-7-19(14-16)22-25-26-23(27(22)20-8-3-2-4-9-20)29-15-17-10-12-18(13-11-17)21(24)28/h2-14H,15H2,1H3,(H2,24,28). The Morgan fingerprint density at radius 3 is 2.41 bits per heavy atom. The average molecular weight is 401 g/mol. The monoisotopic (exact) mass is 400 g/mol. The number of carbonyl (C=O) groups is 1. The number of para-hydroxylation sites is 1. The van der Waals surface area contributed by atoms with Crippen LogP contribution in [0.1, 0.15) is 21.5 Å². The van der Waals surface area contributed by atoms with Crippen LogP contribution in [0.5, 0.6) is 0 Å². The molecule has 29 heavy (non-hydrogen) atoms. The number of amides is 1. The zero-order valence-corrected chi connectivity index (χ0v) is 16.8. The Kier molecular flexibility index (Phi) is 5.44. The highest BCUT2D eigenvalue weighted by atomic mass is 32.2. The number of hydrogen-bond donors (Lipinski definition) is 1. The fraction of sp³-hybridized carbons (Fsp3) is 0.0870. The summed E-state index contributed by atoms with van der Waals surface area (Å²) in [5.74, 6) is 1.10. The smallest absolute Gasteiger partial charge is 0.248 e. The summed E-state index contributed by atoms with van der Waals surface area (Å²) in [6.45, 7) is 2.07. The van der Waals surface area contributed by atoms with Crippen molar-refractivity contribution < 1.29 is 4.79 Å². The molecule has 0 spiro atoms. The van der Waals surface area contributed by atoms with Gasteiger partial charge in [0.2, 0.25) is 5.91 Å². The zero-order chi connectivity index (χ0) is 20.2. The van der Waals surface area contributed by atoms with E-state index in [1.807, 2.05) is 54.6 Å². The maximum Gasteiger partial charge on any atom is 0.248 e. The predicted molar refractivity (Wildman–Crippen MR) is 116 cm³/mol. The minimum atomic E-state index is -0.421. The number of thioether (sulfide) groups is 1. The summed E-state index contributed by atoms with van der Waals surface area (Å²) in [7, 11) is 0. The molecule has 0 saturated carbocycles. The molecule has 4 aromatic rings. The molecule has 0 unspecified atom stereocenters. The molecule has 2 N–H and O–H groups in total. The third-order valence-corrected chi connectivity index (χ3v) is 5.53. The highest BCUT2D eigenvalue weighted by molar-refractivity contribution is 7.98. The van der Waals surface area contributed by atoms with Crippen molar-refractivity contribution in [1.29, 1.82) is 0 Å². The van der Waals surface area contributed by atoms with Gasteiger partial charge >= 0.3 is 0 Å². The van der Waals surface area contributed by atoms with Crippen molar-refractivity contribution >= 4 is 17.7 Å². The number of rotatable bonds is 6. The van der Waals surface area contributed by atoms with Crippen molar-refractivity contribution in [2.75, 3.05) is 0 Å². The van der Waals surface area contributed by atoms with Crippen LogP contribution >= 0.6 is 11.8 Å². The van der Waals surface area contributed by atoms with Crippen LogP contribution in [0, 0.1) is 6.92 Å². The number of nitrogens with zero attached hydrogens (tertiary/aromatic N) is 3. The number of primary amides is 1. The molecule has 4 rings (SSSR count). The summed E-state index contributed by atoms with van der Waals surface area (Å²) in [6.07, 6.45) is 0. The van der Waals surface area contributed by atoms with Gasteiger partial charge in [-0.2, -0.15) is 0 Å². The Morgan fingerprint density at radius 1 is 0.966 bits per heavy atom. The summed E-state index contributed by atoms with van der Waals surface area (Å²) < 4.78 is 2.08. The Bertz CT molecular complexity index is 1140. The largest absolute Gasteiger partial charge is 0.366 e. The molecule has 0 fully saturated rings. The van der Waals surface area contributed by atoms with E-state index in [1.54, 1.807) is 23.9 Å². The van der Waals surface area contributed by atoms with Crippen molar-refractivity contribution in [3.63, 3.8) is 0 Å². The maximum absolute atomic E-state index is 11.2. The molecular weight excluding hydrogens is 380 g/mol.